The number of methoxy groups -OCH3 is 1. The summed E-state index contributed by atoms with van der Waals surface area (Å²) >= 11 is 0. The summed E-state index contributed by atoms with van der Waals surface area (Å²) in [6.07, 6.45) is -0.759. The van der Waals surface area contributed by atoms with Crippen LogP contribution < -0.4 is 14.8 Å². The van der Waals surface area contributed by atoms with Crippen LogP contribution in [0.3, 0.4) is 0 Å². The number of aryl methyl sites for hydroxylation is 1. The number of hydrogen-bond acceptors (Lipinski definition) is 6. The fourth-order valence-electron chi connectivity index (χ4n) is 3.13. The highest BCUT2D eigenvalue weighted by Crippen LogP contribution is 2.30. The van der Waals surface area contributed by atoms with Crippen molar-refractivity contribution in [1.29, 1.82) is 0 Å². The molecule has 0 unspecified atom stereocenters. The summed E-state index contributed by atoms with van der Waals surface area (Å²) in [7, 11) is 1.55. The van der Waals surface area contributed by atoms with E-state index in [0.29, 0.717) is 34.5 Å². The smallest absolute Gasteiger partial charge is 0.265 e. The summed E-state index contributed by atoms with van der Waals surface area (Å²) in [5.74, 6) is 1.53. The Hall–Kier alpha value is -4.13. The maximum absolute atomic E-state index is 12.8. The van der Waals surface area contributed by atoms with Gasteiger partial charge in [-0.3, -0.25) is 4.79 Å². The van der Waals surface area contributed by atoms with Crippen LogP contribution in [0.5, 0.6) is 11.5 Å². The second kappa shape index (κ2) is 9.34. The molecule has 0 spiro atoms. The van der Waals surface area contributed by atoms with E-state index in [1.165, 1.54) is 0 Å². The maximum atomic E-state index is 12.8. The number of hydrogen-bond donors (Lipinski definition) is 1. The van der Waals surface area contributed by atoms with Gasteiger partial charge in [0.25, 0.3) is 11.8 Å². The van der Waals surface area contributed by atoms with Gasteiger partial charge in [-0.25, -0.2) is 0 Å². The first kappa shape index (κ1) is 21.1. The summed E-state index contributed by atoms with van der Waals surface area (Å²) in [6, 6.07) is 22.3. The minimum Gasteiger partial charge on any atom is -0.493 e. The highest BCUT2D eigenvalue weighted by Gasteiger charge is 2.20. The van der Waals surface area contributed by atoms with Crippen LogP contribution in [-0.4, -0.2) is 29.3 Å². The molecule has 7 nitrogen and oxygen atoms in total. The number of carbonyl (C=O) groups excluding carboxylic acids is 1. The molecule has 0 saturated heterocycles. The molecular weight excluding hydrogens is 406 g/mol. The third-order valence-corrected chi connectivity index (χ3v) is 4.89. The van der Waals surface area contributed by atoms with E-state index >= 15 is 0 Å². The Labute approximate surface area is 186 Å². The number of rotatable bonds is 7. The molecule has 1 N–H and O–H groups in total. The molecule has 1 aromatic heterocycles. The van der Waals surface area contributed by atoms with Crippen molar-refractivity contribution in [3.63, 3.8) is 0 Å². The average Bonchev–Trinajstić information content (AvgIpc) is 3.30. The quantitative estimate of drug-likeness (QED) is 0.438. The van der Waals surface area contributed by atoms with E-state index in [4.69, 9.17) is 14.0 Å². The van der Waals surface area contributed by atoms with E-state index in [1.807, 2.05) is 61.5 Å². The van der Waals surface area contributed by atoms with Crippen LogP contribution in [0.15, 0.2) is 77.3 Å². The molecule has 0 aliphatic heterocycles. The van der Waals surface area contributed by atoms with E-state index in [0.717, 1.165) is 11.1 Å². The topological polar surface area (TPSA) is 86.5 Å². The zero-order valence-corrected chi connectivity index (χ0v) is 18.0. The summed E-state index contributed by atoms with van der Waals surface area (Å²) in [4.78, 5) is 17.3. The molecule has 7 heteroatoms. The predicted molar refractivity (Wildman–Crippen MR) is 122 cm³/mol. The first-order valence-corrected chi connectivity index (χ1v) is 10.2. The molecule has 0 aliphatic carbocycles. The zero-order valence-electron chi connectivity index (χ0n) is 18.0. The Bertz CT molecular complexity index is 1220. The lowest BCUT2D eigenvalue weighted by Crippen LogP contribution is -2.30. The van der Waals surface area contributed by atoms with Gasteiger partial charge in [0, 0.05) is 5.56 Å². The first-order chi connectivity index (χ1) is 15.5. The summed E-state index contributed by atoms with van der Waals surface area (Å²) in [5.41, 5.74) is 3.17. The van der Waals surface area contributed by atoms with E-state index in [1.54, 1.807) is 32.2 Å². The normalized spacial score (nSPS) is 11.6. The predicted octanol–water partition coefficient (Wildman–Crippen LogP) is 5.13. The van der Waals surface area contributed by atoms with Crippen LogP contribution in [-0.2, 0) is 4.79 Å². The van der Waals surface area contributed by atoms with Gasteiger partial charge in [0.05, 0.1) is 18.4 Å². The Morgan fingerprint density at radius 2 is 1.66 bits per heavy atom. The fraction of sp³-hybridized carbons (Fsp3) is 0.160. The highest BCUT2D eigenvalue weighted by molar-refractivity contribution is 5.97. The number of aromatic nitrogens is 2. The van der Waals surface area contributed by atoms with Crippen LogP contribution in [0, 0.1) is 6.92 Å². The SMILES string of the molecule is COc1ccccc1O[C@H](C)C(=O)Nc1ccccc1-c1nc(-c2ccc(C)cc2)no1. The largest absolute Gasteiger partial charge is 0.493 e. The van der Waals surface area contributed by atoms with Crippen molar-refractivity contribution in [2.45, 2.75) is 20.0 Å². The number of nitrogens with one attached hydrogen (secondary N) is 1. The van der Waals surface area contributed by atoms with Crippen LogP contribution in [0.25, 0.3) is 22.8 Å². The molecule has 1 heterocycles. The maximum Gasteiger partial charge on any atom is 0.265 e. The number of ether oxygens (including phenoxy) is 2. The van der Waals surface area contributed by atoms with E-state index in [9.17, 15) is 4.79 Å². The molecule has 162 valence electrons. The van der Waals surface area contributed by atoms with Gasteiger partial charge < -0.3 is 19.3 Å². The Morgan fingerprint density at radius 1 is 0.969 bits per heavy atom. The molecule has 0 bridgehead atoms. The minimum atomic E-state index is -0.759. The summed E-state index contributed by atoms with van der Waals surface area (Å²) < 4.78 is 16.6. The Morgan fingerprint density at radius 3 is 2.41 bits per heavy atom. The molecule has 1 atom stereocenters. The second-order valence-corrected chi connectivity index (χ2v) is 7.23. The van der Waals surface area contributed by atoms with Crippen molar-refractivity contribution >= 4 is 11.6 Å². The van der Waals surface area contributed by atoms with Gasteiger partial charge in [0.15, 0.2) is 17.6 Å². The molecule has 1 amide bonds. The Balaban J connectivity index is 1.52. The van der Waals surface area contributed by atoms with E-state index in [-0.39, 0.29) is 5.91 Å². The lowest BCUT2D eigenvalue weighted by molar-refractivity contribution is -0.122. The third kappa shape index (κ3) is 4.62. The average molecular weight is 429 g/mol. The number of nitrogens with zero attached hydrogens (tertiary/aromatic N) is 2. The van der Waals surface area contributed by atoms with Gasteiger partial charge in [-0.1, -0.05) is 59.3 Å². The standard InChI is InChI=1S/C25H23N3O4/c1-16-12-14-18(15-13-16)23-27-25(32-28-23)19-8-4-5-9-20(19)26-24(29)17(2)31-22-11-7-6-10-21(22)30-3/h4-15,17H,1-3H3,(H,26,29)/t17-/m1/s1. The van der Waals surface area contributed by atoms with Crippen molar-refractivity contribution in [2.24, 2.45) is 0 Å². The first-order valence-electron chi connectivity index (χ1n) is 10.2. The van der Waals surface area contributed by atoms with Gasteiger partial charge in [-0.15, -0.1) is 0 Å². The van der Waals surface area contributed by atoms with Crippen molar-refractivity contribution < 1.29 is 18.8 Å². The fourth-order valence-corrected chi connectivity index (χ4v) is 3.13. The second-order valence-electron chi connectivity index (χ2n) is 7.23. The van der Waals surface area contributed by atoms with Crippen LogP contribution in [0.1, 0.15) is 12.5 Å². The molecule has 0 aliphatic rings. The lowest BCUT2D eigenvalue weighted by atomic mass is 10.1. The van der Waals surface area contributed by atoms with Crippen molar-refractivity contribution in [3.8, 4) is 34.3 Å². The van der Waals surface area contributed by atoms with E-state index < -0.39 is 6.10 Å². The third-order valence-electron chi connectivity index (χ3n) is 4.89. The van der Waals surface area contributed by atoms with Gasteiger partial charge in [0.1, 0.15) is 0 Å². The molecule has 4 aromatic rings. The van der Waals surface area contributed by atoms with Gasteiger partial charge in [-0.2, -0.15) is 4.98 Å². The van der Waals surface area contributed by atoms with Crippen molar-refractivity contribution in [1.82, 2.24) is 10.1 Å². The molecule has 3 aromatic carbocycles. The molecule has 32 heavy (non-hydrogen) atoms. The number of anilines is 1. The van der Waals surface area contributed by atoms with Crippen LogP contribution in [0.2, 0.25) is 0 Å². The molecule has 0 radical (unpaired) electrons. The van der Waals surface area contributed by atoms with Gasteiger partial charge in [-0.05, 0) is 38.1 Å². The monoisotopic (exact) mass is 429 g/mol. The van der Waals surface area contributed by atoms with Crippen molar-refractivity contribution in [2.75, 3.05) is 12.4 Å². The number of carbonyl (C=O) groups is 1. The number of amides is 1. The molecule has 0 saturated carbocycles. The minimum absolute atomic E-state index is 0.315. The zero-order chi connectivity index (χ0) is 22.5. The lowest BCUT2D eigenvalue weighted by Gasteiger charge is -2.17. The molecule has 0 fully saturated rings. The van der Waals surface area contributed by atoms with Gasteiger partial charge >= 0.3 is 0 Å². The summed E-state index contributed by atoms with van der Waals surface area (Å²) in [6.45, 7) is 3.69. The van der Waals surface area contributed by atoms with Crippen molar-refractivity contribution in [3.05, 3.63) is 78.4 Å². The summed E-state index contributed by atoms with van der Waals surface area (Å²) in [5, 5.41) is 6.98. The van der Waals surface area contributed by atoms with E-state index in [2.05, 4.69) is 15.5 Å². The Kier molecular flexibility index (Phi) is 6.17. The van der Waals surface area contributed by atoms with Crippen LogP contribution in [0.4, 0.5) is 5.69 Å². The molecule has 4 rings (SSSR count). The highest BCUT2D eigenvalue weighted by atomic mass is 16.5. The molecular formula is C25H23N3O4. The van der Waals surface area contributed by atoms with Gasteiger partial charge in [0.2, 0.25) is 5.82 Å². The van der Waals surface area contributed by atoms with Crippen LogP contribution >= 0.6 is 0 Å². The number of para-hydroxylation sites is 3. The number of benzene rings is 3.